The van der Waals surface area contributed by atoms with Gasteiger partial charge in [-0.3, -0.25) is 4.79 Å². The molecule has 3 rings (SSSR count). The van der Waals surface area contributed by atoms with E-state index in [1.165, 1.54) is 4.88 Å². The molecule has 1 N–H and O–H groups in total. The van der Waals surface area contributed by atoms with E-state index in [1.807, 2.05) is 13.8 Å². The number of ether oxygens (including phenoxy) is 1. The molecular formula is C20H30N4O2S. The number of fused-ring (bicyclic) bond motifs is 1. The molecule has 0 radical (unpaired) electrons. The number of carbonyl (C=O) groups is 1. The SMILES string of the molecule is CCc1cc2c(N3CCC[C@@H](C(=O)NCCCOC(C)C)C3)ncnc2s1. The third kappa shape index (κ3) is 5.17. The second kappa shape index (κ2) is 9.46. The van der Waals surface area contributed by atoms with Crippen LogP contribution in [-0.2, 0) is 16.0 Å². The van der Waals surface area contributed by atoms with Crippen LogP contribution in [-0.4, -0.2) is 48.2 Å². The molecule has 0 unspecified atom stereocenters. The molecule has 0 bridgehead atoms. The molecule has 1 fully saturated rings. The standard InChI is InChI=1S/C20H30N4O2S/c1-4-16-11-17-18(22-13-23-20(17)27-16)24-9-5-7-15(12-24)19(25)21-8-6-10-26-14(2)3/h11,13-15H,4-10,12H2,1-3H3,(H,21,25)/t15-/m1/s1. The molecule has 7 heteroatoms. The first-order valence-electron chi connectivity index (χ1n) is 9.96. The summed E-state index contributed by atoms with van der Waals surface area (Å²) in [6.45, 7) is 9.22. The summed E-state index contributed by atoms with van der Waals surface area (Å²) in [7, 11) is 0. The average molecular weight is 391 g/mol. The summed E-state index contributed by atoms with van der Waals surface area (Å²) in [4.78, 5) is 26.2. The molecule has 1 amide bonds. The highest BCUT2D eigenvalue weighted by Crippen LogP contribution is 2.32. The van der Waals surface area contributed by atoms with E-state index < -0.39 is 0 Å². The van der Waals surface area contributed by atoms with Gasteiger partial charge in [-0.2, -0.15) is 0 Å². The minimum absolute atomic E-state index is 0.0130. The van der Waals surface area contributed by atoms with E-state index >= 15 is 0 Å². The van der Waals surface area contributed by atoms with Crippen molar-refractivity contribution in [1.82, 2.24) is 15.3 Å². The number of rotatable bonds is 8. The van der Waals surface area contributed by atoms with E-state index in [1.54, 1.807) is 17.7 Å². The van der Waals surface area contributed by atoms with Gasteiger partial charge in [-0.15, -0.1) is 11.3 Å². The second-order valence-electron chi connectivity index (χ2n) is 7.33. The van der Waals surface area contributed by atoms with Crippen LogP contribution in [0.3, 0.4) is 0 Å². The second-order valence-corrected chi connectivity index (χ2v) is 8.45. The molecule has 6 nitrogen and oxygen atoms in total. The molecule has 0 spiro atoms. The number of thiophene rings is 1. The minimum atomic E-state index is 0.0130. The first-order valence-corrected chi connectivity index (χ1v) is 10.8. The van der Waals surface area contributed by atoms with Gasteiger partial charge in [0.1, 0.15) is 17.0 Å². The number of hydrogen-bond donors (Lipinski definition) is 1. The summed E-state index contributed by atoms with van der Waals surface area (Å²) in [5.41, 5.74) is 0. The normalized spacial score (nSPS) is 17.6. The Morgan fingerprint density at radius 3 is 3.07 bits per heavy atom. The zero-order valence-electron chi connectivity index (χ0n) is 16.5. The van der Waals surface area contributed by atoms with Crippen molar-refractivity contribution < 1.29 is 9.53 Å². The fourth-order valence-electron chi connectivity index (χ4n) is 3.45. The molecule has 1 saturated heterocycles. The van der Waals surface area contributed by atoms with Crippen molar-refractivity contribution in [1.29, 1.82) is 0 Å². The van der Waals surface area contributed by atoms with Gasteiger partial charge in [-0.05, 0) is 45.6 Å². The quantitative estimate of drug-likeness (QED) is 0.700. The largest absolute Gasteiger partial charge is 0.379 e. The van der Waals surface area contributed by atoms with Crippen LogP contribution in [0.25, 0.3) is 10.2 Å². The van der Waals surface area contributed by atoms with Gasteiger partial charge in [0.2, 0.25) is 5.91 Å². The Bertz CT molecular complexity index is 762. The third-order valence-corrected chi connectivity index (χ3v) is 6.06. The van der Waals surface area contributed by atoms with Crippen molar-refractivity contribution in [2.45, 2.75) is 52.6 Å². The summed E-state index contributed by atoms with van der Waals surface area (Å²) >= 11 is 1.73. The lowest BCUT2D eigenvalue weighted by Crippen LogP contribution is -2.43. The number of nitrogens with one attached hydrogen (secondary N) is 1. The molecule has 27 heavy (non-hydrogen) atoms. The van der Waals surface area contributed by atoms with E-state index in [9.17, 15) is 4.79 Å². The topological polar surface area (TPSA) is 67.4 Å². The van der Waals surface area contributed by atoms with E-state index in [4.69, 9.17) is 4.74 Å². The highest BCUT2D eigenvalue weighted by Gasteiger charge is 2.27. The van der Waals surface area contributed by atoms with Gasteiger partial charge in [0.25, 0.3) is 0 Å². The van der Waals surface area contributed by atoms with Gasteiger partial charge in [0, 0.05) is 31.1 Å². The molecule has 1 aliphatic rings. The summed E-state index contributed by atoms with van der Waals surface area (Å²) in [6, 6.07) is 2.20. The Hall–Kier alpha value is -1.73. The van der Waals surface area contributed by atoms with Crippen molar-refractivity contribution in [2.75, 3.05) is 31.1 Å². The minimum Gasteiger partial charge on any atom is -0.379 e. The summed E-state index contributed by atoms with van der Waals surface area (Å²) < 4.78 is 5.52. The zero-order chi connectivity index (χ0) is 19.2. The fraction of sp³-hybridized carbons (Fsp3) is 0.650. The molecular weight excluding hydrogens is 360 g/mol. The highest BCUT2D eigenvalue weighted by molar-refractivity contribution is 7.18. The predicted octanol–water partition coefficient (Wildman–Crippen LogP) is 3.40. The molecule has 0 aliphatic carbocycles. The van der Waals surface area contributed by atoms with E-state index in [0.29, 0.717) is 13.2 Å². The van der Waals surface area contributed by atoms with Crippen molar-refractivity contribution in [2.24, 2.45) is 5.92 Å². The Morgan fingerprint density at radius 1 is 1.44 bits per heavy atom. The molecule has 148 valence electrons. The molecule has 0 saturated carbocycles. The van der Waals surface area contributed by atoms with Crippen LogP contribution in [0.5, 0.6) is 0 Å². The van der Waals surface area contributed by atoms with Crippen LogP contribution >= 0.6 is 11.3 Å². The van der Waals surface area contributed by atoms with Crippen molar-refractivity contribution in [3.8, 4) is 0 Å². The third-order valence-electron chi connectivity index (χ3n) is 4.87. The van der Waals surface area contributed by atoms with Gasteiger partial charge >= 0.3 is 0 Å². The van der Waals surface area contributed by atoms with Crippen LogP contribution in [0.2, 0.25) is 0 Å². The Balaban J connectivity index is 1.59. The summed E-state index contributed by atoms with van der Waals surface area (Å²) in [5.74, 6) is 1.13. The Kier molecular flexibility index (Phi) is 7.01. The number of anilines is 1. The van der Waals surface area contributed by atoms with Crippen molar-refractivity contribution in [3.63, 3.8) is 0 Å². The van der Waals surface area contributed by atoms with Crippen LogP contribution in [0.4, 0.5) is 5.82 Å². The van der Waals surface area contributed by atoms with Gasteiger partial charge in [-0.25, -0.2) is 9.97 Å². The number of piperidine rings is 1. The first-order chi connectivity index (χ1) is 13.1. The number of carbonyl (C=O) groups excluding carboxylic acids is 1. The predicted molar refractivity (Wildman–Crippen MR) is 110 cm³/mol. The van der Waals surface area contributed by atoms with E-state index in [0.717, 1.165) is 54.8 Å². The lowest BCUT2D eigenvalue weighted by molar-refractivity contribution is -0.125. The fourth-order valence-corrected chi connectivity index (χ4v) is 4.38. The molecule has 3 heterocycles. The average Bonchev–Trinajstić information content (AvgIpc) is 3.11. The molecule has 0 aromatic carbocycles. The highest BCUT2D eigenvalue weighted by atomic mass is 32.1. The van der Waals surface area contributed by atoms with Crippen molar-refractivity contribution in [3.05, 3.63) is 17.3 Å². The van der Waals surface area contributed by atoms with Crippen LogP contribution in [0, 0.1) is 5.92 Å². The lowest BCUT2D eigenvalue weighted by Gasteiger charge is -2.33. The van der Waals surface area contributed by atoms with Gasteiger partial charge in [0.15, 0.2) is 0 Å². The van der Waals surface area contributed by atoms with Gasteiger partial charge in [0.05, 0.1) is 17.4 Å². The number of nitrogens with zero attached hydrogens (tertiary/aromatic N) is 3. The van der Waals surface area contributed by atoms with Crippen LogP contribution in [0.15, 0.2) is 12.4 Å². The summed E-state index contributed by atoms with van der Waals surface area (Å²) in [6.07, 6.45) is 5.68. The van der Waals surface area contributed by atoms with Gasteiger partial charge in [-0.1, -0.05) is 6.92 Å². The Morgan fingerprint density at radius 2 is 2.30 bits per heavy atom. The van der Waals surface area contributed by atoms with Crippen LogP contribution < -0.4 is 10.2 Å². The van der Waals surface area contributed by atoms with Crippen molar-refractivity contribution >= 4 is 33.3 Å². The summed E-state index contributed by atoms with van der Waals surface area (Å²) in [5, 5.41) is 4.19. The van der Waals surface area contributed by atoms with Crippen LogP contribution in [0.1, 0.15) is 44.9 Å². The number of aryl methyl sites for hydroxylation is 1. The molecule has 2 aromatic rings. The molecule has 2 aromatic heterocycles. The number of aromatic nitrogens is 2. The van der Waals surface area contributed by atoms with Gasteiger partial charge < -0.3 is 15.0 Å². The monoisotopic (exact) mass is 390 g/mol. The smallest absolute Gasteiger partial charge is 0.224 e. The zero-order valence-corrected chi connectivity index (χ0v) is 17.3. The maximum absolute atomic E-state index is 12.6. The first kappa shape index (κ1) is 20.0. The Labute approximate surface area is 165 Å². The number of hydrogen-bond acceptors (Lipinski definition) is 6. The van der Waals surface area contributed by atoms with E-state index in [-0.39, 0.29) is 17.9 Å². The lowest BCUT2D eigenvalue weighted by atomic mass is 9.97. The molecule has 1 atom stereocenters. The number of amides is 1. The molecule has 1 aliphatic heterocycles. The maximum Gasteiger partial charge on any atom is 0.224 e. The maximum atomic E-state index is 12.6. The van der Waals surface area contributed by atoms with E-state index in [2.05, 4.69) is 33.2 Å².